The van der Waals surface area contributed by atoms with Gasteiger partial charge in [0.1, 0.15) is 17.2 Å². The molecule has 94 valence electrons. The van der Waals surface area contributed by atoms with Crippen LogP contribution >= 0.6 is 11.6 Å². The van der Waals surface area contributed by atoms with E-state index in [-0.39, 0.29) is 5.76 Å². The maximum atomic E-state index is 10.9. The molecule has 0 unspecified atom stereocenters. The average Bonchev–Trinajstić information content (AvgIpc) is 2.87. The molecular formula is C12H10ClNO4. The second-order valence-corrected chi connectivity index (χ2v) is 3.76. The van der Waals surface area contributed by atoms with Crippen LogP contribution in [-0.2, 0) is 0 Å². The van der Waals surface area contributed by atoms with E-state index in [0.29, 0.717) is 22.8 Å². The van der Waals surface area contributed by atoms with E-state index in [0.717, 1.165) is 0 Å². The van der Waals surface area contributed by atoms with Gasteiger partial charge in [-0.2, -0.15) is 0 Å². The summed E-state index contributed by atoms with van der Waals surface area (Å²) >= 11 is 5.31. The second kappa shape index (κ2) is 5.10. The summed E-state index contributed by atoms with van der Waals surface area (Å²) in [6, 6.07) is 6.69. The van der Waals surface area contributed by atoms with Crippen LogP contribution in [-0.4, -0.2) is 24.6 Å². The van der Waals surface area contributed by atoms with Gasteiger partial charge in [-0.15, -0.1) is 0 Å². The zero-order valence-electron chi connectivity index (χ0n) is 9.77. The van der Waals surface area contributed by atoms with Gasteiger partial charge in [-0.25, -0.2) is 0 Å². The minimum Gasteiger partial charge on any atom is -0.497 e. The Hall–Kier alpha value is -2.01. The Bertz CT molecular complexity index is 579. The molecule has 1 heterocycles. The molecule has 0 bridgehead atoms. The summed E-state index contributed by atoms with van der Waals surface area (Å²) in [5, 5.41) is 3.08. The molecular weight excluding hydrogens is 258 g/mol. The van der Waals surface area contributed by atoms with E-state index in [4.69, 9.17) is 25.6 Å². The van der Waals surface area contributed by atoms with Gasteiger partial charge in [0.15, 0.2) is 0 Å². The molecule has 6 heteroatoms. The summed E-state index contributed by atoms with van der Waals surface area (Å²) in [5.41, 5.74) is 1.11. The van der Waals surface area contributed by atoms with Crippen LogP contribution in [0.2, 0.25) is 0 Å². The molecule has 0 saturated heterocycles. The van der Waals surface area contributed by atoms with Crippen LogP contribution in [0.15, 0.2) is 28.8 Å². The Morgan fingerprint density at radius 2 is 2.06 bits per heavy atom. The summed E-state index contributed by atoms with van der Waals surface area (Å²) in [4.78, 5) is 10.9. The van der Waals surface area contributed by atoms with Gasteiger partial charge >= 0.3 is 0 Å². The Morgan fingerprint density at radius 1 is 1.28 bits per heavy atom. The van der Waals surface area contributed by atoms with Crippen LogP contribution in [0.1, 0.15) is 10.6 Å². The van der Waals surface area contributed by atoms with Crippen LogP contribution in [0.3, 0.4) is 0 Å². The number of hydrogen-bond donors (Lipinski definition) is 0. The fourth-order valence-electron chi connectivity index (χ4n) is 1.51. The highest BCUT2D eigenvalue weighted by Crippen LogP contribution is 2.33. The lowest BCUT2D eigenvalue weighted by molar-refractivity contribution is 0.104. The van der Waals surface area contributed by atoms with E-state index in [2.05, 4.69) is 5.16 Å². The van der Waals surface area contributed by atoms with Crippen molar-refractivity contribution in [2.75, 3.05) is 14.2 Å². The maximum Gasteiger partial charge on any atom is 0.290 e. The smallest absolute Gasteiger partial charge is 0.290 e. The minimum absolute atomic E-state index is 0.0171. The van der Waals surface area contributed by atoms with Crippen LogP contribution in [0.5, 0.6) is 11.5 Å². The van der Waals surface area contributed by atoms with E-state index in [1.54, 1.807) is 32.4 Å². The minimum atomic E-state index is -0.699. The lowest BCUT2D eigenvalue weighted by Crippen LogP contribution is -1.90. The van der Waals surface area contributed by atoms with Gasteiger partial charge in [-0.05, 0) is 29.8 Å². The highest BCUT2D eigenvalue weighted by atomic mass is 35.5. The summed E-state index contributed by atoms with van der Waals surface area (Å²) in [5.74, 6) is 1.22. The number of rotatable bonds is 4. The average molecular weight is 268 g/mol. The molecule has 2 aromatic rings. The van der Waals surface area contributed by atoms with Crippen LogP contribution in [0, 0.1) is 0 Å². The lowest BCUT2D eigenvalue weighted by atomic mass is 10.1. The first-order valence-corrected chi connectivity index (χ1v) is 5.42. The quantitative estimate of drug-likeness (QED) is 0.797. The van der Waals surface area contributed by atoms with Crippen molar-refractivity contribution in [2.24, 2.45) is 0 Å². The Labute approximate surface area is 108 Å². The van der Waals surface area contributed by atoms with E-state index in [9.17, 15) is 4.79 Å². The molecule has 0 aliphatic heterocycles. The van der Waals surface area contributed by atoms with Crippen molar-refractivity contribution in [3.63, 3.8) is 0 Å². The van der Waals surface area contributed by atoms with Crippen molar-refractivity contribution in [2.45, 2.75) is 0 Å². The maximum absolute atomic E-state index is 10.9. The monoisotopic (exact) mass is 267 g/mol. The predicted octanol–water partition coefficient (Wildman–Crippen LogP) is 2.74. The third-order valence-corrected chi connectivity index (χ3v) is 2.57. The third kappa shape index (κ3) is 2.31. The molecule has 0 atom stereocenters. The van der Waals surface area contributed by atoms with Gasteiger partial charge in [0.05, 0.1) is 14.2 Å². The van der Waals surface area contributed by atoms with Gasteiger partial charge in [0.2, 0.25) is 5.76 Å². The van der Waals surface area contributed by atoms with E-state index in [1.807, 2.05) is 0 Å². The van der Waals surface area contributed by atoms with Crippen molar-refractivity contribution in [3.05, 3.63) is 30.0 Å². The number of halogens is 1. The molecule has 18 heavy (non-hydrogen) atoms. The van der Waals surface area contributed by atoms with Crippen LogP contribution < -0.4 is 9.47 Å². The third-order valence-electron chi connectivity index (χ3n) is 2.39. The summed E-state index contributed by atoms with van der Waals surface area (Å²) < 4.78 is 15.2. The second-order valence-electron chi connectivity index (χ2n) is 3.42. The number of aromatic nitrogens is 1. The van der Waals surface area contributed by atoms with E-state index < -0.39 is 5.24 Å². The van der Waals surface area contributed by atoms with E-state index >= 15 is 0 Å². The molecule has 2 rings (SSSR count). The molecule has 0 fully saturated rings. The molecule has 0 spiro atoms. The summed E-state index contributed by atoms with van der Waals surface area (Å²) in [6.07, 6.45) is 0. The molecule has 0 radical (unpaired) electrons. The van der Waals surface area contributed by atoms with Crippen LogP contribution in [0.25, 0.3) is 11.3 Å². The first kappa shape index (κ1) is 12.4. The fraction of sp³-hybridized carbons (Fsp3) is 0.167. The Kier molecular flexibility index (Phi) is 3.53. The molecule has 5 nitrogen and oxygen atoms in total. The van der Waals surface area contributed by atoms with Gasteiger partial charge < -0.3 is 14.0 Å². The number of carbonyl (C=O) groups excluding carboxylic acids is 1. The SMILES string of the molecule is COc1ccc(OC)c(-c2cc(C(=O)Cl)on2)c1. The molecule has 0 amide bonds. The number of carbonyl (C=O) groups is 1. The van der Waals surface area contributed by atoms with Gasteiger partial charge in [0.25, 0.3) is 5.24 Å². The number of methoxy groups -OCH3 is 2. The van der Waals surface area contributed by atoms with Crippen molar-refractivity contribution in [1.29, 1.82) is 0 Å². The molecule has 1 aromatic carbocycles. The normalized spacial score (nSPS) is 10.2. The standard InChI is InChI=1S/C12H10ClNO4/c1-16-7-3-4-10(17-2)8(5-7)9-6-11(12(13)15)18-14-9/h3-6H,1-2H3. The molecule has 0 aliphatic carbocycles. The first-order valence-electron chi connectivity index (χ1n) is 5.04. The predicted molar refractivity (Wildman–Crippen MR) is 65.2 cm³/mol. The van der Waals surface area contributed by atoms with Crippen molar-refractivity contribution in [1.82, 2.24) is 5.16 Å². The van der Waals surface area contributed by atoms with Crippen molar-refractivity contribution in [3.8, 4) is 22.8 Å². The van der Waals surface area contributed by atoms with Crippen molar-refractivity contribution >= 4 is 16.8 Å². The highest BCUT2D eigenvalue weighted by molar-refractivity contribution is 6.67. The van der Waals surface area contributed by atoms with Gasteiger partial charge in [-0.3, -0.25) is 4.79 Å². The number of nitrogens with zero attached hydrogens (tertiary/aromatic N) is 1. The molecule has 0 saturated carbocycles. The van der Waals surface area contributed by atoms with E-state index in [1.165, 1.54) is 6.07 Å². The largest absolute Gasteiger partial charge is 0.497 e. The Balaban J connectivity index is 2.50. The van der Waals surface area contributed by atoms with Gasteiger partial charge in [0, 0.05) is 11.6 Å². The zero-order chi connectivity index (χ0) is 13.1. The van der Waals surface area contributed by atoms with Gasteiger partial charge in [-0.1, -0.05) is 5.16 Å². The molecule has 1 aromatic heterocycles. The summed E-state index contributed by atoms with van der Waals surface area (Å²) in [7, 11) is 3.10. The van der Waals surface area contributed by atoms with Crippen LogP contribution in [0.4, 0.5) is 0 Å². The summed E-state index contributed by atoms with van der Waals surface area (Å²) in [6.45, 7) is 0. The first-order chi connectivity index (χ1) is 8.65. The number of benzene rings is 1. The molecule has 0 aliphatic rings. The van der Waals surface area contributed by atoms with Crippen molar-refractivity contribution < 1.29 is 18.8 Å². The Morgan fingerprint density at radius 3 is 2.61 bits per heavy atom. The zero-order valence-corrected chi connectivity index (χ0v) is 10.5. The topological polar surface area (TPSA) is 61.6 Å². The highest BCUT2D eigenvalue weighted by Gasteiger charge is 2.15. The fourth-order valence-corrected chi connectivity index (χ4v) is 1.60. The lowest BCUT2D eigenvalue weighted by Gasteiger charge is -2.07. The molecule has 0 N–H and O–H groups in total. The number of ether oxygens (including phenoxy) is 2. The number of hydrogen-bond acceptors (Lipinski definition) is 5.